The number of methoxy groups -OCH3 is 1. The average Bonchev–Trinajstić information content (AvgIpc) is 1.85. The van der Waals surface area contributed by atoms with Crippen molar-refractivity contribution >= 4 is 16.9 Å². The Labute approximate surface area is 65.2 Å². The standard InChI is InChI=1S/C6H12N2OS/c1-9-5-3-8(4-5)6(7)10-2/h5,7H,3-4H2,1-2H3. The fraction of sp³-hybridized carbons (Fsp3) is 0.833. The van der Waals surface area contributed by atoms with Gasteiger partial charge >= 0.3 is 0 Å². The lowest BCUT2D eigenvalue weighted by molar-refractivity contribution is 0.00706. The van der Waals surface area contributed by atoms with E-state index in [0.29, 0.717) is 11.3 Å². The summed E-state index contributed by atoms with van der Waals surface area (Å²) in [4.78, 5) is 2.00. The summed E-state index contributed by atoms with van der Waals surface area (Å²) in [7, 11) is 1.71. The molecule has 0 aromatic carbocycles. The minimum Gasteiger partial charge on any atom is -0.378 e. The molecule has 0 amide bonds. The number of nitrogens with one attached hydrogen (secondary N) is 1. The zero-order valence-corrected chi connectivity index (χ0v) is 7.07. The van der Waals surface area contributed by atoms with Crippen molar-refractivity contribution in [1.29, 1.82) is 5.41 Å². The van der Waals surface area contributed by atoms with E-state index in [9.17, 15) is 0 Å². The lowest BCUT2D eigenvalue weighted by Gasteiger charge is -2.39. The van der Waals surface area contributed by atoms with E-state index in [1.165, 1.54) is 11.8 Å². The molecule has 0 atom stereocenters. The normalized spacial score (nSPS) is 18.8. The van der Waals surface area contributed by atoms with Crippen molar-refractivity contribution in [2.75, 3.05) is 26.5 Å². The predicted octanol–water partition coefficient (Wildman–Crippen LogP) is 0.615. The molecule has 4 heteroatoms. The molecule has 10 heavy (non-hydrogen) atoms. The molecule has 0 aromatic rings. The van der Waals surface area contributed by atoms with Crippen LogP contribution in [0, 0.1) is 5.41 Å². The van der Waals surface area contributed by atoms with E-state index in [0.717, 1.165) is 13.1 Å². The minimum absolute atomic E-state index is 0.354. The highest BCUT2D eigenvalue weighted by atomic mass is 32.2. The van der Waals surface area contributed by atoms with E-state index in [-0.39, 0.29) is 0 Å². The monoisotopic (exact) mass is 160 g/mol. The molecule has 1 N–H and O–H groups in total. The van der Waals surface area contributed by atoms with Crippen molar-refractivity contribution in [2.45, 2.75) is 6.10 Å². The maximum Gasteiger partial charge on any atom is 0.156 e. The van der Waals surface area contributed by atoms with Crippen LogP contribution in [0.2, 0.25) is 0 Å². The second-order valence-electron chi connectivity index (χ2n) is 2.27. The lowest BCUT2D eigenvalue weighted by Crippen LogP contribution is -2.53. The van der Waals surface area contributed by atoms with Gasteiger partial charge in [-0.3, -0.25) is 5.41 Å². The summed E-state index contributed by atoms with van der Waals surface area (Å²) in [5, 5.41) is 8.04. The Hall–Kier alpha value is -0.220. The number of rotatable bonds is 1. The van der Waals surface area contributed by atoms with Crippen molar-refractivity contribution in [3.8, 4) is 0 Å². The largest absolute Gasteiger partial charge is 0.378 e. The van der Waals surface area contributed by atoms with Crippen LogP contribution in [0.3, 0.4) is 0 Å². The van der Waals surface area contributed by atoms with Gasteiger partial charge in [0, 0.05) is 20.2 Å². The number of amidine groups is 1. The Morgan fingerprint density at radius 3 is 2.70 bits per heavy atom. The van der Waals surface area contributed by atoms with Crippen molar-refractivity contribution in [1.82, 2.24) is 4.90 Å². The summed E-state index contributed by atoms with van der Waals surface area (Å²) in [6.45, 7) is 1.77. The molecule has 1 saturated heterocycles. The van der Waals surface area contributed by atoms with Gasteiger partial charge in [-0.15, -0.1) is 0 Å². The van der Waals surface area contributed by atoms with Crippen LogP contribution in [0.25, 0.3) is 0 Å². The third kappa shape index (κ3) is 1.44. The zero-order valence-electron chi connectivity index (χ0n) is 6.26. The van der Waals surface area contributed by atoms with Crippen LogP contribution in [0.15, 0.2) is 0 Å². The van der Waals surface area contributed by atoms with Crippen molar-refractivity contribution < 1.29 is 4.74 Å². The van der Waals surface area contributed by atoms with Gasteiger partial charge in [0.25, 0.3) is 0 Å². The van der Waals surface area contributed by atoms with Crippen LogP contribution >= 0.6 is 11.8 Å². The molecule has 0 bridgehead atoms. The Kier molecular flexibility index (Phi) is 2.56. The minimum atomic E-state index is 0.354. The Bertz CT molecular complexity index is 134. The molecular formula is C6H12N2OS. The first-order valence-corrected chi connectivity index (χ1v) is 4.40. The Balaban J connectivity index is 2.19. The quantitative estimate of drug-likeness (QED) is 0.451. The lowest BCUT2D eigenvalue weighted by atomic mass is 10.2. The van der Waals surface area contributed by atoms with Crippen molar-refractivity contribution in [3.63, 3.8) is 0 Å². The molecule has 0 spiro atoms. The van der Waals surface area contributed by atoms with Gasteiger partial charge in [-0.25, -0.2) is 0 Å². The fourth-order valence-corrected chi connectivity index (χ4v) is 1.29. The molecule has 3 nitrogen and oxygen atoms in total. The van der Waals surface area contributed by atoms with Gasteiger partial charge in [0.2, 0.25) is 0 Å². The Morgan fingerprint density at radius 1 is 1.70 bits per heavy atom. The highest BCUT2D eigenvalue weighted by Gasteiger charge is 2.27. The molecular weight excluding hydrogens is 148 g/mol. The second kappa shape index (κ2) is 3.25. The highest BCUT2D eigenvalue weighted by Crippen LogP contribution is 2.14. The van der Waals surface area contributed by atoms with Crippen LogP contribution in [0.1, 0.15) is 0 Å². The number of thioether (sulfide) groups is 1. The fourth-order valence-electron chi connectivity index (χ4n) is 0.882. The molecule has 1 heterocycles. The molecule has 0 unspecified atom stereocenters. The van der Waals surface area contributed by atoms with Crippen LogP contribution < -0.4 is 0 Å². The number of hydrogen-bond donors (Lipinski definition) is 1. The van der Waals surface area contributed by atoms with Gasteiger partial charge in [-0.2, -0.15) is 0 Å². The first-order valence-electron chi connectivity index (χ1n) is 3.18. The molecule has 58 valence electrons. The van der Waals surface area contributed by atoms with Crippen molar-refractivity contribution in [2.24, 2.45) is 0 Å². The van der Waals surface area contributed by atoms with Crippen LogP contribution in [-0.2, 0) is 4.74 Å². The summed E-state index contributed by atoms with van der Waals surface area (Å²) in [6.07, 6.45) is 2.27. The number of nitrogens with zero attached hydrogens (tertiary/aromatic N) is 1. The summed E-state index contributed by atoms with van der Waals surface area (Å²) in [5.74, 6) is 0. The molecule has 0 saturated carbocycles. The summed E-state index contributed by atoms with van der Waals surface area (Å²) < 4.78 is 5.06. The first-order chi connectivity index (χ1) is 4.77. The van der Waals surface area contributed by atoms with E-state index in [2.05, 4.69) is 0 Å². The zero-order chi connectivity index (χ0) is 7.56. The van der Waals surface area contributed by atoms with E-state index in [1.54, 1.807) is 7.11 Å². The molecule has 1 fully saturated rings. The average molecular weight is 160 g/mol. The summed E-state index contributed by atoms with van der Waals surface area (Å²) in [6, 6.07) is 0. The Morgan fingerprint density at radius 2 is 2.30 bits per heavy atom. The third-order valence-electron chi connectivity index (χ3n) is 1.66. The van der Waals surface area contributed by atoms with Crippen LogP contribution in [0.4, 0.5) is 0 Å². The number of likely N-dealkylation sites (tertiary alicyclic amines) is 1. The first kappa shape index (κ1) is 7.88. The SMILES string of the molecule is COC1CN(C(=N)SC)C1. The topological polar surface area (TPSA) is 36.3 Å². The molecule has 1 aliphatic heterocycles. The van der Waals surface area contributed by atoms with Gasteiger partial charge in [-0.05, 0) is 6.26 Å². The van der Waals surface area contributed by atoms with Gasteiger partial charge in [0.15, 0.2) is 5.17 Å². The molecule has 0 aromatic heterocycles. The second-order valence-corrected chi connectivity index (χ2v) is 3.07. The summed E-state index contributed by atoms with van der Waals surface area (Å²) >= 11 is 1.47. The van der Waals surface area contributed by atoms with Crippen molar-refractivity contribution in [3.05, 3.63) is 0 Å². The van der Waals surface area contributed by atoms with E-state index in [1.807, 2.05) is 11.2 Å². The molecule has 0 radical (unpaired) electrons. The maximum atomic E-state index is 7.39. The van der Waals surface area contributed by atoms with E-state index >= 15 is 0 Å². The van der Waals surface area contributed by atoms with Crippen LogP contribution in [-0.4, -0.2) is 42.6 Å². The molecule has 0 aliphatic carbocycles. The summed E-state index contributed by atoms with van der Waals surface area (Å²) in [5.41, 5.74) is 0. The number of hydrogen-bond acceptors (Lipinski definition) is 3. The highest BCUT2D eigenvalue weighted by molar-refractivity contribution is 8.13. The van der Waals surface area contributed by atoms with Gasteiger partial charge in [0.05, 0.1) is 6.10 Å². The van der Waals surface area contributed by atoms with E-state index in [4.69, 9.17) is 10.1 Å². The predicted molar refractivity (Wildman–Crippen MR) is 43.6 cm³/mol. The van der Waals surface area contributed by atoms with Gasteiger partial charge < -0.3 is 9.64 Å². The third-order valence-corrected chi connectivity index (χ3v) is 2.31. The molecule has 1 rings (SSSR count). The van der Waals surface area contributed by atoms with Gasteiger partial charge in [0.1, 0.15) is 0 Å². The van der Waals surface area contributed by atoms with Crippen LogP contribution in [0.5, 0.6) is 0 Å². The smallest absolute Gasteiger partial charge is 0.156 e. The molecule has 1 aliphatic rings. The maximum absolute atomic E-state index is 7.39. The van der Waals surface area contributed by atoms with Gasteiger partial charge in [-0.1, -0.05) is 11.8 Å². The number of ether oxygens (including phenoxy) is 1. The van der Waals surface area contributed by atoms with E-state index < -0.39 is 0 Å².